The molecule has 0 bridgehead atoms. The third-order valence-electron chi connectivity index (χ3n) is 9.80. The molecule has 0 heterocycles. The van der Waals surface area contributed by atoms with E-state index in [4.69, 9.17) is 18.9 Å². The van der Waals surface area contributed by atoms with Crippen LogP contribution in [-0.4, -0.2) is 75.8 Å². The molecule has 0 aliphatic carbocycles. The first kappa shape index (κ1) is 49.8. The topological polar surface area (TPSA) is 108 Å². The molecular formula is C43H81NO8. The lowest BCUT2D eigenvalue weighted by molar-refractivity contribution is -0.170. The Morgan fingerprint density at radius 3 is 1.12 bits per heavy atom. The molecule has 0 saturated carbocycles. The van der Waals surface area contributed by atoms with Gasteiger partial charge in [-0.3, -0.25) is 19.2 Å². The minimum Gasteiger partial charge on any atom is -0.465 e. The zero-order valence-electron chi connectivity index (χ0n) is 34.7. The van der Waals surface area contributed by atoms with Gasteiger partial charge in [-0.15, -0.1) is 0 Å². The fourth-order valence-electron chi connectivity index (χ4n) is 6.23. The maximum Gasteiger partial charge on any atom is 0.305 e. The van der Waals surface area contributed by atoms with Crippen LogP contribution in [0.5, 0.6) is 0 Å². The van der Waals surface area contributed by atoms with E-state index >= 15 is 0 Å². The molecule has 306 valence electrons. The second kappa shape index (κ2) is 34.6. The third kappa shape index (κ3) is 30.3. The lowest BCUT2D eigenvalue weighted by atomic mass is 9.90. The normalized spacial score (nSPS) is 11.6. The number of nitrogens with zero attached hydrogens (tertiary/aromatic N) is 1. The van der Waals surface area contributed by atoms with Crippen LogP contribution in [0.15, 0.2) is 0 Å². The lowest BCUT2D eigenvalue weighted by Gasteiger charge is -2.31. The highest BCUT2D eigenvalue weighted by molar-refractivity contribution is 5.71. The summed E-state index contributed by atoms with van der Waals surface area (Å²) in [6.07, 6.45) is 24.4. The number of esters is 4. The van der Waals surface area contributed by atoms with Crippen molar-refractivity contribution in [1.82, 2.24) is 4.90 Å². The molecule has 0 aromatic carbocycles. The average Bonchev–Trinajstić information content (AvgIpc) is 3.12. The Kier molecular flexibility index (Phi) is 33.2. The standard InChI is InChI=1S/C43H81NO8/c1-7-11-15-19-23-28-39(45)49-34-43(36-51-41(47)30-25-33-44(5)6,35-50-40(46)29-24-20-16-12-8-2)37-52-42(48)32-31-38(26-21-17-13-9-3)27-22-18-14-10-4/h38H,7-37H2,1-6H3. The monoisotopic (exact) mass is 740 g/mol. The van der Waals surface area contributed by atoms with Gasteiger partial charge in [0.1, 0.15) is 31.8 Å². The van der Waals surface area contributed by atoms with Gasteiger partial charge in [0.2, 0.25) is 0 Å². The summed E-state index contributed by atoms with van der Waals surface area (Å²) in [4.78, 5) is 53.8. The Bertz CT molecular complexity index is 850. The predicted molar refractivity (Wildman–Crippen MR) is 211 cm³/mol. The van der Waals surface area contributed by atoms with E-state index in [0.717, 1.165) is 90.0 Å². The summed E-state index contributed by atoms with van der Waals surface area (Å²) in [5, 5.41) is 0. The van der Waals surface area contributed by atoms with Crippen molar-refractivity contribution in [1.29, 1.82) is 0 Å². The molecule has 52 heavy (non-hydrogen) atoms. The fraction of sp³-hybridized carbons (Fsp3) is 0.907. The van der Waals surface area contributed by atoms with Crippen molar-refractivity contribution in [2.24, 2.45) is 11.3 Å². The van der Waals surface area contributed by atoms with Crippen molar-refractivity contribution in [2.45, 2.75) is 195 Å². The Hall–Kier alpha value is -2.16. The molecule has 0 aromatic rings. The molecule has 0 aromatic heterocycles. The Morgan fingerprint density at radius 1 is 0.423 bits per heavy atom. The van der Waals surface area contributed by atoms with Crippen LogP contribution >= 0.6 is 0 Å². The maximum atomic E-state index is 13.3. The molecule has 0 aliphatic heterocycles. The van der Waals surface area contributed by atoms with Gasteiger partial charge in [-0.05, 0) is 52.2 Å². The molecule has 9 nitrogen and oxygen atoms in total. The highest BCUT2D eigenvalue weighted by atomic mass is 16.6. The van der Waals surface area contributed by atoms with E-state index in [1.54, 1.807) is 0 Å². The Balaban J connectivity index is 5.77. The number of rotatable bonds is 37. The summed E-state index contributed by atoms with van der Waals surface area (Å²) >= 11 is 0. The van der Waals surface area contributed by atoms with Gasteiger partial charge < -0.3 is 23.8 Å². The summed E-state index contributed by atoms with van der Waals surface area (Å²) < 4.78 is 23.1. The van der Waals surface area contributed by atoms with E-state index in [9.17, 15) is 19.2 Å². The van der Waals surface area contributed by atoms with Crippen molar-refractivity contribution < 1.29 is 38.1 Å². The van der Waals surface area contributed by atoms with E-state index in [2.05, 4.69) is 27.7 Å². The van der Waals surface area contributed by atoms with Crippen LogP contribution < -0.4 is 0 Å². The molecule has 0 radical (unpaired) electrons. The van der Waals surface area contributed by atoms with E-state index in [1.807, 2.05) is 19.0 Å². The minimum atomic E-state index is -1.21. The minimum absolute atomic E-state index is 0.179. The van der Waals surface area contributed by atoms with Crippen molar-refractivity contribution in [3.05, 3.63) is 0 Å². The van der Waals surface area contributed by atoms with Crippen LogP contribution in [0.2, 0.25) is 0 Å². The Labute approximate surface area is 319 Å². The van der Waals surface area contributed by atoms with Gasteiger partial charge in [-0.1, -0.05) is 143 Å². The van der Waals surface area contributed by atoms with Gasteiger partial charge in [0.25, 0.3) is 0 Å². The number of carbonyl (C=O) groups is 4. The quantitative estimate of drug-likeness (QED) is 0.0349. The van der Waals surface area contributed by atoms with Gasteiger partial charge in [-0.2, -0.15) is 0 Å². The molecule has 0 unspecified atom stereocenters. The smallest absolute Gasteiger partial charge is 0.305 e. The average molecular weight is 740 g/mol. The van der Waals surface area contributed by atoms with Gasteiger partial charge in [0, 0.05) is 25.7 Å². The number of carbonyl (C=O) groups excluding carboxylic acids is 4. The van der Waals surface area contributed by atoms with Gasteiger partial charge >= 0.3 is 23.9 Å². The van der Waals surface area contributed by atoms with Crippen molar-refractivity contribution in [2.75, 3.05) is 47.1 Å². The maximum absolute atomic E-state index is 13.3. The summed E-state index contributed by atoms with van der Waals surface area (Å²) in [7, 11) is 3.89. The van der Waals surface area contributed by atoms with E-state index < -0.39 is 11.4 Å². The van der Waals surface area contributed by atoms with E-state index in [-0.39, 0.29) is 63.6 Å². The SMILES string of the molecule is CCCCCCCC(=O)OCC(COC(=O)CCCCCCC)(COC(=O)CCCN(C)C)COC(=O)CCC(CCCCCC)CCCCCC. The summed E-state index contributed by atoms with van der Waals surface area (Å²) in [5.74, 6) is -0.971. The summed E-state index contributed by atoms with van der Waals surface area (Å²) in [6, 6.07) is 0. The molecule has 0 fully saturated rings. The van der Waals surface area contributed by atoms with Gasteiger partial charge in [0.15, 0.2) is 0 Å². The predicted octanol–water partition coefficient (Wildman–Crippen LogP) is 10.5. The zero-order valence-corrected chi connectivity index (χ0v) is 34.7. The molecule has 0 saturated heterocycles. The van der Waals surface area contributed by atoms with Crippen molar-refractivity contribution in [3.63, 3.8) is 0 Å². The molecule has 0 amide bonds. The largest absolute Gasteiger partial charge is 0.465 e. The molecule has 0 N–H and O–H groups in total. The van der Waals surface area contributed by atoms with Crippen LogP contribution in [0, 0.1) is 11.3 Å². The molecule has 0 spiro atoms. The van der Waals surface area contributed by atoms with Crippen LogP contribution in [0.25, 0.3) is 0 Å². The van der Waals surface area contributed by atoms with Crippen LogP contribution in [0.3, 0.4) is 0 Å². The fourth-order valence-corrected chi connectivity index (χ4v) is 6.23. The number of hydrogen-bond acceptors (Lipinski definition) is 9. The van der Waals surface area contributed by atoms with E-state index in [0.29, 0.717) is 18.8 Å². The summed E-state index contributed by atoms with van der Waals surface area (Å²) in [6.45, 7) is 8.75. The highest BCUT2D eigenvalue weighted by Crippen LogP contribution is 2.26. The number of hydrogen-bond donors (Lipinski definition) is 0. The second-order valence-corrected chi connectivity index (χ2v) is 15.5. The lowest BCUT2D eigenvalue weighted by Crippen LogP contribution is -2.44. The first-order chi connectivity index (χ1) is 25.1. The van der Waals surface area contributed by atoms with Crippen LogP contribution in [0.4, 0.5) is 0 Å². The first-order valence-electron chi connectivity index (χ1n) is 21.4. The highest BCUT2D eigenvalue weighted by Gasteiger charge is 2.38. The third-order valence-corrected chi connectivity index (χ3v) is 9.80. The van der Waals surface area contributed by atoms with Crippen LogP contribution in [-0.2, 0) is 38.1 Å². The molecule has 9 heteroatoms. The molecule has 0 rings (SSSR count). The number of ether oxygens (including phenoxy) is 4. The Morgan fingerprint density at radius 2 is 0.750 bits per heavy atom. The van der Waals surface area contributed by atoms with Crippen molar-refractivity contribution in [3.8, 4) is 0 Å². The van der Waals surface area contributed by atoms with E-state index in [1.165, 1.54) is 51.4 Å². The molecule has 0 atom stereocenters. The van der Waals surface area contributed by atoms with Gasteiger partial charge in [0.05, 0.1) is 0 Å². The number of unbranched alkanes of at least 4 members (excludes halogenated alkanes) is 14. The zero-order chi connectivity index (χ0) is 38.7. The van der Waals surface area contributed by atoms with Gasteiger partial charge in [-0.25, -0.2) is 0 Å². The first-order valence-corrected chi connectivity index (χ1v) is 21.4. The molecule has 0 aliphatic rings. The van der Waals surface area contributed by atoms with Crippen molar-refractivity contribution >= 4 is 23.9 Å². The van der Waals surface area contributed by atoms with Crippen LogP contribution in [0.1, 0.15) is 195 Å². The molecular weight excluding hydrogens is 658 g/mol. The second-order valence-electron chi connectivity index (χ2n) is 15.5. The summed E-state index contributed by atoms with van der Waals surface area (Å²) in [5.41, 5.74) is -1.21.